The molecule has 0 aliphatic carbocycles. The van der Waals surface area contributed by atoms with Crippen molar-refractivity contribution < 1.29 is 4.74 Å². The van der Waals surface area contributed by atoms with Crippen LogP contribution in [-0.4, -0.2) is 40.7 Å². The third-order valence-electron chi connectivity index (χ3n) is 3.63. The van der Waals surface area contributed by atoms with Gasteiger partial charge in [0.25, 0.3) is 0 Å². The summed E-state index contributed by atoms with van der Waals surface area (Å²) >= 11 is 0. The summed E-state index contributed by atoms with van der Waals surface area (Å²) in [5, 5.41) is 3.41. The van der Waals surface area contributed by atoms with Gasteiger partial charge in [0.05, 0.1) is 17.4 Å². The number of pyridine rings is 1. The van der Waals surface area contributed by atoms with Gasteiger partial charge in [-0.2, -0.15) is 0 Å². The smallest absolute Gasteiger partial charge is 0.0757 e. The fourth-order valence-electron chi connectivity index (χ4n) is 2.91. The average molecular weight is 291 g/mol. The Bertz CT molecular complexity index is 442. The van der Waals surface area contributed by atoms with Crippen LogP contribution >= 0.6 is 0 Å². The molecule has 21 heavy (non-hydrogen) atoms. The van der Waals surface area contributed by atoms with E-state index in [1.54, 1.807) is 0 Å². The summed E-state index contributed by atoms with van der Waals surface area (Å²) in [7, 11) is 0. The van der Waals surface area contributed by atoms with Crippen molar-refractivity contribution in [3.8, 4) is 0 Å². The minimum Gasteiger partial charge on any atom is -0.370 e. The average Bonchev–Trinajstić information content (AvgIpc) is 2.35. The standard InChI is InChI=1S/C17H29N3O/c1-13(2)18-8-15-6-7-16(19-9-15)11-20-10-14(3)21-17(4,5)12-20/h6-7,9,13-14,18H,8,10-12H2,1-5H3. The molecule has 1 unspecified atom stereocenters. The lowest BCUT2D eigenvalue weighted by atomic mass is 10.1. The normalized spacial score (nSPS) is 22.7. The Hall–Kier alpha value is -0.970. The van der Waals surface area contributed by atoms with E-state index in [1.165, 1.54) is 5.56 Å². The van der Waals surface area contributed by atoms with E-state index < -0.39 is 0 Å². The van der Waals surface area contributed by atoms with Crippen molar-refractivity contribution in [2.75, 3.05) is 13.1 Å². The third kappa shape index (κ3) is 5.38. The molecule has 1 N–H and O–H groups in total. The molecule has 1 fully saturated rings. The Balaban J connectivity index is 1.91. The van der Waals surface area contributed by atoms with E-state index in [0.29, 0.717) is 6.04 Å². The van der Waals surface area contributed by atoms with Crippen molar-refractivity contribution >= 4 is 0 Å². The van der Waals surface area contributed by atoms with Crippen LogP contribution in [0.15, 0.2) is 18.3 Å². The van der Waals surface area contributed by atoms with Crippen LogP contribution in [0.1, 0.15) is 45.9 Å². The van der Waals surface area contributed by atoms with Crippen molar-refractivity contribution in [1.29, 1.82) is 0 Å². The van der Waals surface area contributed by atoms with Gasteiger partial charge >= 0.3 is 0 Å². The van der Waals surface area contributed by atoms with Crippen molar-refractivity contribution in [3.63, 3.8) is 0 Å². The molecule has 118 valence electrons. The summed E-state index contributed by atoms with van der Waals surface area (Å²) in [6.45, 7) is 14.5. The summed E-state index contributed by atoms with van der Waals surface area (Å²) in [5.41, 5.74) is 2.30. The zero-order valence-electron chi connectivity index (χ0n) is 14.0. The second kappa shape index (κ2) is 6.86. The summed E-state index contributed by atoms with van der Waals surface area (Å²) in [5.74, 6) is 0. The lowest BCUT2D eigenvalue weighted by Crippen LogP contribution is -2.51. The van der Waals surface area contributed by atoms with Crippen LogP contribution in [0.4, 0.5) is 0 Å². The second-order valence-corrected chi connectivity index (χ2v) is 7.05. The monoisotopic (exact) mass is 291 g/mol. The first-order valence-corrected chi connectivity index (χ1v) is 7.91. The fraction of sp³-hybridized carbons (Fsp3) is 0.706. The largest absolute Gasteiger partial charge is 0.370 e. The molecule has 4 heteroatoms. The van der Waals surface area contributed by atoms with Gasteiger partial charge in [0.1, 0.15) is 0 Å². The molecule has 1 atom stereocenters. The predicted octanol–water partition coefficient (Wildman–Crippen LogP) is 2.58. The molecule has 0 spiro atoms. The minimum atomic E-state index is -0.0706. The number of hydrogen-bond acceptors (Lipinski definition) is 4. The highest BCUT2D eigenvalue weighted by molar-refractivity contribution is 5.14. The van der Waals surface area contributed by atoms with E-state index in [1.807, 2.05) is 6.20 Å². The Kier molecular flexibility index (Phi) is 5.36. The molecule has 1 aliphatic heterocycles. The van der Waals surface area contributed by atoms with E-state index >= 15 is 0 Å². The number of nitrogens with zero attached hydrogens (tertiary/aromatic N) is 2. The number of morpholine rings is 1. The number of aromatic nitrogens is 1. The highest BCUT2D eigenvalue weighted by Gasteiger charge is 2.31. The Labute approximate surface area is 128 Å². The molecule has 1 aliphatic rings. The molecule has 0 aromatic carbocycles. The van der Waals surface area contributed by atoms with Gasteiger partial charge < -0.3 is 10.1 Å². The van der Waals surface area contributed by atoms with Crippen molar-refractivity contribution in [2.45, 2.75) is 65.5 Å². The SMILES string of the molecule is CC(C)NCc1ccc(CN2CC(C)OC(C)(C)C2)nc1. The molecule has 1 aromatic heterocycles. The van der Waals surface area contributed by atoms with Gasteiger partial charge in [-0.1, -0.05) is 19.9 Å². The van der Waals surface area contributed by atoms with Crippen LogP contribution in [0.5, 0.6) is 0 Å². The van der Waals surface area contributed by atoms with E-state index in [2.05, 4.69) is 62.0 Å². The number of hydrogen-bond donors (Lipinski definition) is 1. The Morgan fingerprint density at radius 1 is 1.43 bits per heavy atom. The maximum atomic E-state index is 5.94. The maximum absolute atomic E-state index is 5.94. The highest BCUT2D eigenvalue weighted by atomic mass is 16.5. The van der Waals surface area contributed by atoms with Crippen molar-refractivity contribution in [1.82, 2.24) is 15.2 Å². The van der Waals surface area contributed by atoms with Crippen LogP contribution < -0.4 is 5.32 Å². The van der Waals surface area contributed by atoms with Crippen LogP contribution in [0.25, 0.3) is 0 Å². The van der Waals surface area contributed by atoms with Gasteiger partial charge in [-0.3, -0.25) is 9.88 Å². The van der Waals surface area contributed by atoms with E-state index in [4.69, 9.17) is 4.74 Å². The molecule has 1 aromatic rings. The van der Waals surface area contributed by atoms with Crippen molar-refractivity contribution in [2.24, 2.45) is 0 Å². The van der Waals surface area contributed by atoms with E-state index in [0.717, 1.165) is 31.9 Å². The minimum absolute atomic E-state index is 0.0706. The molecule has 2 rings (SSSR count). The van der Waals surface area contributed by atoms with E-state index in [9.17, 15) is 0 Å². The molecular formula is C17H29N3O. The molecule has 0 bridgehead atoms. The van der Waals surface area contributed by atoms with Gasteiger partial charge in [-0.05, 0) is 32.4 Å². The highest BCUT2D eigenvalue weighted by Crippen LogP contribution is 2.21. The first-order chi connectivity index (χ1) is 9.84. The maximum Gasteiger partial charge on any atom is 0.0757 e. The van der Waals surface area contributed by atoms with Gasteiger partial charge in [-0.25, -0.2) is 0 Å². The van der Waals surface area contributed by atoms with Crippen LogP contribution in [0.2, 0.25) is 0 Å². The Morgan fingerprint density at radius 2 is 2.19 bits per heavy atom. The number of nitrogens with one attached hydrogen (secondary N) is 1. The quantitative estimate of drug-likeness (QED) is 0.905. The molecule has 2 heterocycles. The molecular weight excluding hydrogens is 262 g/mol. The molecule has 0 saturated carbocycles. The molecule has 1 saturated heterocycles. The summed E-state index contributed by atoms with van der Waals surface area (Å²) < 4.78 is 5.94. The van der Waals surface area contributed by atoms with Gasteiger partial charge in [0, 0.05) is 38.4 Å². The zero-order valence-corrected chi connectivity index (χ0v) is 14.0. The molecule has 0 radical (unpaired) electrons. The van der Waals surface area contributed by atoms with Gasteiger partial charge in [-0.15, -0.1) is 0 Å². The number of ether oxygens (including phenoxy) is 1. The first kappa shape index (κ1) is 16.4. The molecule has 4 nitrogen and oxygen atoms in total. The second-order valence-electron chi connectivity index (χ2n) is 7.05. The topological polar surface area (TPSA) is 37.4 Å². The number of rotatable bonds is 5. The van der Waals surface area contributed by atoms with Gasteiger partial charge in [0.2, 0.25) is 0 Å². The Morgan fingerprint density at radius 3 is 2.76 bits per heavy atom. The summed E-state index contributed by atoms with van der Waals surface area (Å²) in [4.78, 5) is 7.03. The van der Waals surface area contributed by atoms with Crippen LogP contribution in [-0.2, 0) is 17.8 Å². The first-order valence-electron chi connectivity index (χ1n) is 7.91. The lowest BCUT2D eigenvalue weighted by Gasteiger charge is -2.41. The van der Waals surface area contributed by atoms with Crippen LogP contribution in [0.3, 0.4) is 0 Å². The fourth-order valence-corrected chi connectivity index (χ4v) is 2.91. The van der Waals surface area contributed by atoms with Crippen LogP contribution in [0, 0.1) is 0 Å². The molecule has 0 amide bonds. The third-order valence-corrected chi connectivity index (χ3v) is 3.63. The lowest BCUT2D eigenvalue weighted by molar-refractivity contribution is -0.130. The van der Waals surface area contributed by atoms with Crippen molar-refractivity contribution in [3.05, 3.63) is 29.6 Å². The summed E-state index contributed by atoms with van der Waals surface area (Å²) in [6, 6.07) is 4.82. The zero-order chi connectivity index (χ0) is 15.5. The summed E-state index contributed by atoms with van der Waals surface area (Å²) in [6.07, 6.45) is 2.27. The van der Waals surface area contributed by atoms with Gasteiger partial charge in [0.15, 0.2) is 0 Å². The predicted molar refractivity (Wildman–Crippen MR) is 86.1 cm³/mol. The van der Waals surface area contributed by atoms with E-state index in [-0.39, 0.29) is 11.7 Å².